The van der Waals surface area contributed by atoms with Crippen LogP contribution >= 0.6 is 0 Å². The van der Waals surface area contributed by atoms with Gasteiger partial charge in [0.25, 0.3) is 11.8 Å². The molecule has 3 aromatic rings. The van der Waals surface area contributed by atoms with Crippen molar-refractivity contribution in [2.45, 2.75) is 11.8 Å². The van der Waals surface area contributed by atoms with Crippen molar-refractivity contribution in [1.82, 2.24) is 5.32 Å². The summed E-state index contributed by atoms with van der Waals surface area (Å²) in [4.78, 5) is 24.1. The monoisotopic (exact) mass is 436 g/mol. The number of amides is 2. The Labute approximate surface area is 180 Å². The second kappa shape index (κ2) is 9.27. The van der Waals surface area contributed by atoms with Crippen LogP contribution in [0.1, 0.15) is 21.5 Å². The Kier molecular flexibility index (Phi) is 6.52. The van der Waals surface area contributed by atoms with Crippen LogP contribution in [0.5, 0.6) is 5.75 Å². The lowest BCUT2D eigenvalue weighted by Crippen LogP contribution is -2.31. The molecule has 0 heterocycles. The molecule has 7 nitrogen and oxygen atoms in total. The molecule has 0 aliphatic heterocycles. The highest BCUT2D eigenvalue weighted by atomic mass is 32.2. The van der Waals surface area contributed by atoms with Gasteiger partial charge in [-0.2, -0.15) is 8.42 Å². The largest absolute Gasteiger partial charge is 0.379 e. The molecule has 0 saturated heterocycles. The molecule has 3 N–H and O–H groups in total. The summed E-state index contributed by atoms with van der Waals surface area (Å²) in [6, 6.07) is 20.6. The average molecular weight is 436 g/mol. The molecule has 0 saturated carbocycles. The fourth-order valence-corrected chi connectivity index (χ4v) is 3.55. The van der Waals surface area contributed by atoms with E-state index in [2.05, 4.69) is 5.32 Å². The van der Waals surface area contributed by atoms with E-state index in [0.29, 0.717) is 11.1 Å². The lowest BCUT2D eigenvalue weighted by Gasteiger charge is -2.09. The summed E-state index contributed by atoms with van der Waals surface area (Å²) in [7, 11) is -3.97. The smallest absolute Gasteiger partial charge is 0.339 e. The predicted molar refractivity (Wildman–Crippen MR) is 117 cm³/mol. The number of primary amides is 1. The number of hydrogen-bond donors (Lipinski definition) is 2. The number of carbonyl (C=O) groups is 2. The van der Waals surface area contributed by atoms with Gasteiger partial charge >= 0.3 is 10.1 Å². The fraction of sp³-hybridized carbons (Fsp3) is 0.0435. The summed E-state index contributed by atoms with van der Waals surface area (Å²) in [5, 5.41) is 2.48. The van der Waals surface area contributed by atoms with Gasteiger partial charge in [0, 0.05) is 5.56 Å². The maximum atomic E-state index is 12.4. The third-order valence-electron chi connectivity index (χ3n) is 4.26. The number of benzene rings is 3. The maximum Gasteiger partial charge on any atom is 0.339 e. The van der Waals surface area contributed by atoms with Crippen LogP contribution in [0.2, 0.25) is 0 Å². The average Bonchev–Trinajstić information content (AvgIpc) is 2.75. The molecule has 3 aromatic carbocycles. The minimum absolute atomic E-state index is 0.0433. The van der Waals surface area contributed by atoms with Crippen molar-refractivity contribution in [1.29, 1.82) is 0 Å². The number of hydrogen-bond acceptors (Lipinski definition) is 5. The van der Waals surface area contributed by atoms with Crippen molar-refractivity contribution in [2.24, 2.45) is 5.73 Å². The van der Waals surface area contributed by atoms with Crippen molar-refractivity contribution in [3.05, 3.63) is 101 Å². The first-order chi connectivity index (χ1) is 14.7. The topological polar surface area (TPSA) is 116 Å². The Morgan fingerprint density at radius 3 is 2.10 bits per heavy atom. The van der Waals surface area contributed by atoms with E-state index in [1.165, 1.54) is 42.5 Å². The van der Waals surface area contributed by atoms with E-state index in [1.54, 1.807) is 42.5 Å². The summed E-state index contributed by atoms with van der Waals surface area (Å²) in [6.45, 7) is 1.85. The number of carbonyl (C=O) groups excluding carboxylic acids is 2. The summed E-state index contributed by atoms with van der Waals surface area (Å²) in [6.07, 6.45) is 1.39. The number of nitrogens with two attached hydrogens (primary N) is 1. The van der Waals surface area contributed by atoms with Gasteiger partial charge < -0.3 is 15.2 Å². The van der Waals surface area contributed by atoms with E-state index >= 15 is 0 Å². The summed E-state index contributed by atoms with van der Waals surface area (Å²) in [5.41, 5.74) is 7.09. The first-order valence-electron chi connectivity index (χ1n) is 9.24. The summed E-state index contributed by atoms with van der Waals surface area (Å²) >= 11 is 0. The number of nitrogens with one attached hydrogen (secondary N) is 1. The molecule has 0 aliphatic rings. The van der Waals surface area contributed by atoms with Gasteiger partial charge in [-0.1, -0.05) is 48.0 Å². The standard InChI is InChI=1S/C23H20N2O5S/c1-16-7-13-20(14-8-16)31(28,29)30-19-11-9-17(10-12-19)15-21(22(24)26)25-23(27)18-5-3-2-4-6-18/h2-15H,1H3,(H2,24,26)(H,25,27)/b21-15-. The van der Waals surface area contributed by atoms with Crippen LogP contribution in [0.15, 0.2) is 89.5 Å². The summed E-state index contributed by atoms with van der Waals surface area (Å²) < 4.78 is 29.9. The molecular weight excluding hydrogens is 416 g/mol. The van der Waals surface area contributed by atoms with Crippen molar-refractivity contribution in [3.8, 4) is 5.75 Å². The van der Waals surface area contributed by atoms with Crippen LogP contribution in [0.3, 0.4) is 0 Å². The molecule has 0 radical (unpaired) electrons. The van der Waals surface area contributed by atoms with Crippen LogP contribution in [0, 0.1) is 6.92 Å². The number of aryl methyl sites for hydroxylation is 1. The van der Waals surface area contributed by atoms with Gasteiger partial charge in [-0.25, -0.2) is 0 Å². The van der Waals surface area contributed by atoms with Crippen LogP contribution in [0.4, 0.5) is 0 Å². The van der Waals surface area contributed by atoms with Crippen molar-refractivity contribution in [2.75, 3.05) is 0 Å². The highest BCUT2D eigenvalue weighted by Crippen LogP contribution is 2.20. The first kappa shape index (κ1) is 21.8. The van der Waals surface area contributed by atoms with Gasteiger partial charge in [-0.15, -0.1) is 0 Å². The normalized spacial score (nSPS) is 11.6. The van der Waals surface area contributed by atoms with Gasteiger partial charge in [0.2, 0.25) is 0 Å². The van der Waals surface area contributed by atoms with Crippen LogP contribution in [-0.4, -0.2) is 20.2 Å². The molecule has 0 atom stereocenters. The molecule has 0 aromatic heterocycles. The van der Waals surface area contributed by atoms with E-state index in [1.807, 2.05) is 6.92 Å². The van der Waals surface area contributed by atoms with Crippen LogP contribution in [-0.2, 0) is 14.9 Å². The van der Waals surface area contributed by atoms with Crippen molar-refractivity contribution >= 4 is 28.0 Å². The Morgan fingerprint density at radius 2 is 1.52 bits per heavy atom. The first-order valence-corrected chi connectivity index (χ1v) is 10.6. The Bertz CT molecular complexity index is 1220. The van der Waals surface area contributed by atoms with Crippen molar-refractivity contribution < 1.29 is 22.2 Å². The maximum absolute atomic E-state index is 12.4. The minimum atomic E-state index is -3.97. The molecule has 0 unspecified atom stereocenters. The van der Waals surface area contributed by atoms with E-state index in [4.69, 9.17) is 9.92 Å². The van der Waals surface area contributed by atoms with Crippen molar-refractivity contribution in [3.63, 3.8) is 0 Å². The Balaban J connectivity index is 1.75. The SMILES string of the molecule is Cc1ccc(S(=O)(=O)Oc2ccc(/C=C(\NC(=O)c3ccccc3)C(N)=O)cc2)cc1. The second-order valence-electron chi connectivity index (χ2n) is 6.66. The zero-order chi connectivity index (χ0) is 22.4. The van der Waals surface area contributed by atoms with Crippen LogP contribution < -0.4 is 15.2 Å². The quantitative estimate of drug-likeness (QED) is 0.436. The lowest BCUT2D eigenvalue weighted by molar-refractivity contribution is -0.114. The second-order valence-corrected chi connectivity index (χ2v) is 8.21. The Hall–Kier alpha value is -3.91. The van der Waals surface area contributed by atoms with E-state index < -0.39 is 21.9 Å². The van der Waals surface area contributed by atoms with Gasteiger partial charge in [-0.3, -0.25) is 9.59 Å². The molecule has 0 fully saturated rings. The molecule has 31 heavy (non-hydrogen) atoms. The van der Waals surface area contributed by atoms with E-state index in [0.717, 1.165) is 5.56 Å². The van der Waals surface area contributed by atoms with Gasteiger partial charge in [0.1, 0.15) is 16.3 Å². The summed E-state index contributed by atoms with van der Waals surface area (Å²) in [5.74, 6) is -1.19. The third kappa shape index (κ3) is 5.80. The van der Waals surface area contributed by atoms with Crippen LogP contribution in [0.25, 0.3) is 6.08 Å². The zero-order valence-electron chi connectivity index (χ0n) is 16.6. The fourth-order valence-electron chi connectivity index (χ4n) is 2.62. The highest BCUT2D eigenvalue weighted by molar-refractivity contribution is 7.87. The molecule has 8 heteroatoms. The molecule has 0 aliphatic carbocycles. The molecule has 3 rings (SSSR count). The highest BCUT2D eigenvalue weighted by Gasteiger charge is 2.16. The molecule has 158 valence electrons. The third-order valence-corrected chi connectivity index (χ3v) is 5.52. The van der Waals surface area contributed by atoms with Gasteiger partial charge in [0.05, 0.1) is 0 Å². The lowest BCUT2D eigenvalue weighted by atomic mass is 10.1. The molecule has 0 bridgehead atoms. The predicted octanol–water partition coefficient (Wildman–Crippen LogP) is 3.02. The molecule has 2 amide bonds. The molecule has 0 spiro atoms. The number of rotatable bonds is 7. The van der Waals surface area contributed by atoms with Gasteiger partial charge in [-0.05, 0) is 55.0 Å². The van der Waals surface area contributed by atoms with E-state index in [9.17, 15) is 18.0 Å². The van der Waals surface area contributed by atoms with E-state index in [-0.39, 0.29) is 16.3 Å². The van der Waals surface area contributed by atoms with Gasteiger partial charge in [0.15, 0.2) is 0 Å². The zero-order valence-corrected chi connectivity index (χ0v) is 17.4. The molecular formula is C23H20N2O5S. The minimum Gasteiger partial charge on any atom is -0.379 e. The Morgan fingerprint density at radius 1 is 0.903 bits per heavy atom.